The summed E-state index contributed by atoms with van der Waals surface area (Å²) in [7, 11) is 3.42. The Balaban J connectivity index is 3.27. The van der Waals surface area contributed by atoms with Crippen LogP contribution in [0, 0.1) is 6.92 Å². The zero-order valence-corrected chi connectivity index (χ0v) is 13.4. The first-order valence-corrected chi connectivity index (χ1v) is 7.23. The van der Waals surface area contributed by atoms with Crippen LogP contribution in [0.5, 0.6) is 11.5 Å². The normalized spacial score (nSPS) is 11.6. The van der Waals surface area contributed by atoms with E-state index in [1.54, 1.807) is 14.2 Å². The third kappa shape index (κ3) is 3.92. The highest BCUT2D eigenvalue weighted by atomic mass is 16.5. The van der Waals surface area contributed by atoms with Crippen molar-refractivity contribution in [2.24, 2.45) is 5.73 Å². The molecule has 0 amide bonds. The Kier molecular flexibility index (Phi) is 6.43. The molecule has 0 aromatic heterocycles. The zero-order chi connectivity index (χ0) is 15.1. The van der Waals surface area contributed by atoms with E-state index in [1.165, 1.54) is 24.8 Å². The van der Waals surface area contributed by atoms with Gasteiger partial charge >= 0.3 is 0 Å². The maximum atomic E-state index is 5.79. The number of benzene rings is 1. The van der Waals surface area contributed by atoms with Crippen LogP contribution in [-0.4, -0.2) is 14.2 Å². The van der Waals surface area contributed by atoms with E-state index in [4.69, 9.17) is 15.2 Å². The monoisotopic (exact) mass is 277 g/mol. The molecule has 1 rings (SSSR count). The van der Waals surface area contributed by atoms with Crippen LogP contribution in [0.25, 0.3) is 6.08 Å². The summed E-state index contributed by atoms with van der Waals surface area (Å²) in [5.41, 5.74) is 9.91. The fraction of sp³-hybridized carbons (Fsp3) is 0.529. The molecule has 0 saturated carbocycles. The maximum absolute atomic E-state index is 5.79. The lowest BCUT2D eigenvalue weighted by Gasteiger charge is -2.17. The quantitative estimate of drug-likeness (QED) is 0.764. The number of hydrogen-bond donors (Lipinski definition) is 1. The minimum Gasteiger partial charge on any atom is -0.496 e. The largest absolute Gasteiger partial charge is 0.496 e. The number of hydrogen-bond acceptors (Lipinski definition) is 3. The van der Waals surface area contributed by atoms with Crippen LogP contribution >= 0.6 is 0 Å². The molecule has 0 radical (unpaired) electrons. The highest BCUT2D eigenvalue weighted by molar-refractivity contribution is 5.66. The van der Waals surface area contributed by atoms with E-state index in [9.17, 15) is 0 Å². The standard InChI is InChI=1S/C17H27NO2/c1-6-7-8-9-15-13(3)17(20-5)14(10-12(2)18)11-16(15)19-4/h10-11H,6-9,18H2,1-5H3/b12-10+. The van der Waals surface area contributed by atoms with E-state index in [0.29, 0.717) is 0 Å². The van der Waals surface area contributed by atoms with Crippen LogP contribution in [0.3, 0.4) is 0 Å². The molecular weight excluding hydrogens is 250 g/mol. The molecule has 2 N–H and O–H groups in total. The van der Waals surface area contributed by atoms with Gasteiger partial charge in [0.1, 0.15) is 11.5 Å². The van der Waals surface area contributed by atoms with Gasteiger partial charge < -0.3 is 15.2 Å². The number of methoxy groups -OCH3 is 2. The van der Waals surface area contributed by atoms with E-state index < -0.39 is 0 Å². The smallest absolute Gasteiger partial charge is 0.129 e. The van der Waals surface area contributed by atoms with Crippen molar-refractivity contribution in [2.45, 2.75) is 46.5 Å². The van der Waals surface area contributed by atoms with Crippen LogP contribution in [0.2, 0.25) is 0 Å². The highest BCUT2D eigenvalue weighted by Crippen LogP contribution is 2.36. The van der Waals surface area contributed by atoms with Crippen molar-refractivity contribution in [3.05, 3.63) is 28.5 Å². The molecule has 0 aliphatic heterocycles. The van der Waals surface area contributed by atoms with Crippen LogP contribution in [-0.2, 0) is 6.42 Å². The maximum Gasteiger partial charge on any atom is 0.129 e. The lowest BCUT2D eigenvalue weighted by molar-refractivity contribution is 0.394. The second kappa shape index (κ2) is 7.83. The highest BCUT2D eigenvalue weighted by Gasteiger charge is 2.15. The first-order valence-electron chi connectivity index (χ1n) is 7.23. The SMILES string of the molecule is CCCCCc1c(OC)cc(/C=C(\C)N)c(OC)c1C. The molecule has 0 saturated heterocycles. The van der Waals surface area contributed by atoms with E-state index in [1.807, 2.05) is 19.1 Å². The minimum absolute atomic E-state index is 0.753. The van der Waals surface area contributed by atoms with Crippen LogP contribution < -0.4 is 15.2 Å². The van der Waals surface area contributed by atoms with Crippen molar-refractivity contribution in [3.63, 3.8) is 0 Å². The topological polar surface area (TPSA) is 44.5 Å². The third-order valence-electron chi connectivity index (χ3n) is 3.48. The Hall–Kier alpha value is -1.64. The Morgan fingerprint density at radius 1 is 1.25 bits per heavy atom. The van der Waals surface area contributed by atoms with Gasteiger partial charge in [-0.25, -0.2) is 0 Å². The van der Waals surface area contributed by atoms with Crippen LogP contribution in [0.4, 0.5) is 0 Å². The van der Waals surface area contributed by atoms with Crippen LogP contribution in [0.15, 0.2) is 11.8 Å². The molecule has 0 unspecified atom stereocenters. The molecular formula is C17H27NO2. The van der Waals surface area contributed by atoms with Gasteiger partial charge in [0.25, 0.3) is 0 Å². The average molecular weight is 277 g/mol. The second-order valence-electron chi connectivity index (χ2n) is 5.15. The summed E-state index contributed by atoms with van der Waals surface area (Å²) < 4.78 is 11.1. The Morgan fingerprint density at radius 2 is 1.95 bits per heavy atom. The van der Waals surface area contributed by atoms with Crippen LogP contribution in [0.1, 0.15) is 49.8 Å². The molecule has 1 aromatic carbocycles. The van der Waals surface area contributed by atoms with Crippen molar-refractivity contribution in [1.82, 2.24) is 0 Å². The number of allylic oxidation sites excluding steroid dienone is 1. The van der Waals surface area contributed by atoms with Gasteiger partial charge in [-0.2, -0.15) is 0 Å². The van der Waals surface area contributed by atoms with E-state index in [2.05, 4.69) is 13.8 Å². The van der Waals surface area contributed by atoms with Crippen molar-refractivity contribution in [2.75, 3.05) is 14.2 Å². The van der Waals surface area contributed by atoms with Gasteiger partial charge in [-0.1, -0.05) is 19.8 Å². The molecule has 0 atom stereocenters. The number of unbranched alkanes of at least 4 members (excludes halogenated alkanes) is 2. The summed E-state index contributed by atoms with van der Waals surface area (Å²) in [5.74, 6) is 1.81. The van der Waals surface area contributed by atoms with E-state index in [-0.39, 0.29) is 0 Å². The lowest BCUT2D eigenvalue weighted by atomic mass is 9.96. The Morgan fingerprint density at radius 3 is 2.45 bits per heavy atom. The molecule has 0 heterocycles. The fourth-order valence-corrected chi connectivity index (χ4v) is 2.50. The predicted molar refractivity (Wildman–Crippen MR) is 85.4 cm³/mol. The number of ether oxygens (including phenoxy) is 2. The second-order valence-corrected chi connectivity index (χ2v) is 5.15. The summed E-state index contributed by atoms with van der Waals surface area (Å²) in [6.45, 7) is 6.17. The third-order valence-corrected chi connectivity index (χ3v) is 3.48. The molecule has 0 aliphatic carbocycles. The molecule has 3 nitrogen and oxygen atoms in total. The molecule has 20 heavy (non-hydrogen) atoms. The molecule has 112 valence electrons. The van der Waals surface area contributed by atoms with Crippen molar-refractivity contribution in [3.8, 4) is 11.5 Å². The van der Waals surface area contributed by atoms with Gasteiger partial charge in [0, 0.05) is 16.8 Å². The molecule has 0 fully saturated rings. The van der Waals surface area contributed by atoms with Gasteiger partial charge in [-0.05, 0) is 44.4 Å². The molecule has 0 spiro atoms. The Labute approximate surface area is 122 Å². The molecule has 3 heteroatoms. The molecule has 0 aliphatic rings. The Bertz CT molecular complexity index is 474. The van der Waals surface area contributed by atoms with Crippen molar-refractivity contribution < 1.29 is 9.47 Å². The number of rotatable bonds is 7. The van der Waals surface area contributed by atoms with Gasteiger partial charge in [-0.3, -0.25) is 0 Å². The minimum atomic E-state index is 0.753. The average Bonchev–Trinajstić information content (AvgIpc) is 2.40. The molecule has 0 bridgehead atoms. The van der Waals surface area contributed by atoms with Crippen molar-refractivity contribution >= 4 is 6.08 Å². The number of nitrogens with two attached hydrogens (primary N) is 1. The van der Waals surface area contributed by atoms with Gasteiger partial charge in [0.15, 0.2) is 0 Å². The summed E-state index contributed by atoms with van der Waals surface area (Å²) in [6, 6.07) is 2.02. The van der Waals surface area contributed by atoms with Gasteiger partial charge in [0.05, 0.1) is 14.2 Å². The van der Waals surface area contributed by atoms with E-state index in [0.717, 1.165) is 34.7 Å². The summed E-state index contributed by atoms with van der Waals surface area (Å²) in [6.07, 6.45) is 6.55. The zero-order valence-electron chi connectivity index (χ0n) is 13.4. The van der Waals surface area contributed by atoms with E-state index >= 15 is 0 Å². The summed E-state index contributed by atoms with van der Waals surface area (Å²) in [5, 5.41) is 0. The summed E-state index contributed by atoms with van der Waals surface area (Å²) in [4.78, 5) is 0. The van der Waals surface area contributed by atoms with Gasteiger partial charge in [-0.15, -0.1) is 0 Å². The lowest BCUT2D eigenvalue weighted by Crippen LogP contribution is -2.02. The van der Waals surface area contributed by atoms with Gasteiger partial charge in [0.2, 0.25) is 0 Å². The first-order chi connectivity index (χ1) is 9.54. The summed E-state index contributed by atoms with van der Waals surface area (Å²) >= 11 is 0. The predicted octanol–water partition coefficient (Wildman–Crippen LogP) is 4.06. The molecule has 1 aromatic rings. The fourth-order valence-electron chi connectivity index (χ4n) is 2.50. The van der Waals surface area contributed by atoms with Crippen molar-refractivity contribution in [1.29, 1.82) is 0 Å². The first kappa shape index (κ1) is 16.4.